The van der Waals surface area contributed by atoms with Crippen molar-refractivity contribution in [1.82, 2.24) is 0 Å². The van der Waals surface area contributed by atoms with Gasteiger partial charge in [0.25, 0.3) is 0 Å². The first kappa shape index (κ1) is 12.8. The zero-order valence-corrected chi connectivity index (χ0v) is 9.69. The van der Waals surface area contributed by atoms with Crippen LogP contribution in [0, 0.1) is 40.4 Å². The molecular formula is C15H14N2. The van der Waals surface area contributed by atoms with Gasteiger partial charge in [0.1, 0.15) is 5.92 Å². The Bertz CT molecular complexity index is 452. The predicted molar refractivity (Wildman–Crippen MR) is 66.5 cm³/mol. The van der Waals surface area contributed by atoms with Crippen molar-refractivity contribution in [1.29, 1.82) is 10.5 Å². The fourth-order valence-electron chi connectivity index (χ4n) is 1.41. The average molecular weight is 222 g/mol. The lowest BCUT2D eigenvalue weighted by atomic mass is 10.0. The van der Waals surface area contributed by atoms with E-state index < -0.39 is 5.92 Å². The minimum absolute atomic E-state index is 0.461. The van der Waals surface area contributed by atoms with Gasteiger partial charge in [0.2, 0.25) is 0 Å². The van der Waals surface area contributed by atoms with Crippen LogP contribution in [-0.4, -0.2) is 0 Å². The highest BCUT2D eigenvalue weighted by molar-refractivity contribution is 5.33. The first-order valence-corrected chi connectivity index (χ1v) is 5.70. The van der Waals surface area contributed by atoms with Crippen LogP contribution in [0.1, 0.15) is 31.2 Å². The largest absolute Gasteiger partial charge is 0.197 e. The summed E-state index contributed by atoms with van der Waals surface area (Å²) in [4.78, 5) is 0. The molecule has 0 aliphatic rings. The van der Waals surface area contributed by atoms with Crippen LogP contribution in [-0.2, 0) is 0 Å². The molecule has 0 radical (unpaired) electrons. The molecule has 17 heavy (non-hydrogen) atoms. The van der Waals surface area contributed by atoms with E-state index >= 15 is 0 Å². The zero-order valence-electron chi connectivity index (χ0n) is 9.69. The van der Waals surface area contributed by atoms with E-state index in [0.717, 1.165) is 24.8 Å². The maximum Gasteiger partial charge on any atom is 0.133 e. The van der Waals surface area contributed by atoms with Gasteiger partial charge in [-0.05, 0) is 25.0 Å². The van der Waals surface area contributed by atoms with Crippen molar-refractivity contribution in [2.75, 3.05) is 0 Å². The third kappa shape index (κ3) is 5.41. The van der Waals surface area contributed by atoms with E-state index in [2.05, 4.69) is 11.8 Å². The molecule has 2 nitrogen and oxygen atoms in total. The number of rotatable bonds is 4. The molecule has 0 saturated carbocycles. The number of hydrogen-bond acceptors (Lipinski definition) is 2. The molecule has 84 valence electrons. The summed E-state index contributed by atoms with van der Waals surface area (Å²) in [6, 6.07) is 13.8. The molecule has 0 fully saturated rings. The van der Waals surface area contributed by atoms with Crippen LogP contribution < -0.4 is 0 Å². The minimum Gasteiger partial charge on any atom is -0.197 e. The number of nitrogens with zero attached hydrogens (tertiary/aromatic N) is 2. The minimum atomic E-state index is -0.461. The van der Waals surface area contributed by atoms with E-state index in [1.54, 1.807) is 0 Å². The maximum atomic E-state index is 8.58. The number of nitriles is 2. The molecule has 2 heteroatoms. The second-order valence-corrected chi connectivity index (χ2v) is 3.72. The molecule has 0 aliphatic heterocycles. The van der Waals surface area contributed by atoms with E-state index in [4.69, 9.17) is 10.5 Å². The lowest BCUT2D eigenvalue weighted by Crippen LogP contribution is -1.91. The molecule has 0 spiro atoms. The Balaban J connectivity index is 2.20. The van der Waals surface area contributed by atoms with Crippen LogP contribution in [0.5, 0.6) is 0 Å². The summed E-state index contributed by atoms with van der Waals surface area (Å²) >= 11 is 0. The molecule has 0 heterocycles. The van der Waals surface area contributed by atoms with Gasteiger partial charge < -0.3 is 0 Å². The van der Waals surface area contributed by atoms with Crippen LogP contribution >= 0.6 is 0 Å². The van der Waals surface area contributed by atoms with Crippen molar-refractivity contribution < 1.29 is 0 Å². The van der Waals surface area contributed by atoms with Gasteiger partial charge >= 0.3 is 0 Å². The third-order valence-electron chi connectivity index (χ3n) is 2.36. The topological polar surface area (TPSA) is 47.6 Å². The van der Waals surface area contributed by atoms with Gasteiger partial charge in [-0.25, -0.2) is 0 Å². The molecule has 0 amide bonds. The van der Waals surface area contributed by atoms with Gasteiger partial charge in [-0.2, -0.15) is 10.5 Å². The van der Waals surface area contributed by atoms with Crippen molar-refractivity contribution in [3.8, 4) is 24.0 Å². The molecular weight excluding hydrogens is 208 g/mol. The normalized spacial score (nSPS) is 8.88. The maximum absolute atomic E-state index is 8.58. The standard InChI is InChI=1S/C15H14N2/c16-12-15(13-17)11-5-2-1-4-8-14-9-6-3-7-10-14/h3,6-7,9-10,15H,1-2,5,11H2. The summed E-state index contributed by atoms with van der Waals surface area (Å²) in [5.74, 6) is 5.72. The molecule has 0 unspecified atom stereocenters. The first-order valence-electron chi connectivity index (χ1n) is 5.70. The lowest BCUT2D eigenvalue weighted by Gasteiger charge is -1.96. The Morgan fingerprint density at radius 2 is 1.71 bits per heavy atom. The fraction of sp³-hybridized carbons (Fsp3) is 0.333. The Morgan fingerprint density at radius 1 is 1.00 bits per heavy atom. The zero-order chi connectivity index (χ0) is 12.3. The van der Waals surface area contributed by atoms with Crippen molar-refractivity contribution >= 4 is 0 Å². The summed E-state index contributed by atoms with van der Waals surface area (Å²) in [5, 5.41) is 17.2. The highest BCUT2D eigenvalue weighted by Gasteiger charge is 2.03. The van der Waals surface area contributed by atoms with Crippen LogP contribution in [0.3, 0.4) is 0 Å². The van der Waals surface area contributed by atoms with Gasteiger partial charge in [-0.3, -0.25) is 0 Å². The van der Waals surface area contributed by atoms with E-state index in [-0.39, 0.29) is 0 Å². The van der Waals surface area contributed by atoms with Crippen LogP contribution in [0.25, 0.3) is 0 Å². The Morgan fingerprint density at radius 3 is 2.35 bits per heavy atom. The van der Waals surface area contributed by atoms with Crippen LogP contribution in [0.15, 0.2) is 30.3 Å². The lowest BCUT2D eigenvalue weighted by molar-refractivity contribution is 0.642. The number of hydrogen-bond donors (Lipinski definition) is 0. The van der Waals surface area contributed by atoms with Gasteiger partial charge in [0.05, 0.1) is 12.1 Å². The molecule has 0 saturated heterocycles. The SMILES string of the molecule is N#CC(C#N)CCCCC#Cc1ccccc1. The van der Waals surface area contributed by atoms with Crippen LogP contribution in [0.4, 0.5) is 0 Å². The Labute approximate surface area is 103 Å². The van der Waals surface area contributed by atoms with Crippen molar-refractivity contribution in [2.24, 2.45) is 5.92 Å². The summed E-state index contributed by atoms with van der Waals surface area (Å²) < 4.78 is 0. The van der Waals surface area contributed by atoms with Crippen molar-refractivity contribution in [2.45, 2.75) is 25.7 Å². The van der Waals surface area contributed by atoms with E-state index in [0.29, 0.717) is 6.42 Å². The quantitative estimate of drug-likeness (QED) is 0.580. The average Bonchev–Trinajstić information content (AvgIpc) is 2.39. The van der Waals surface area contributed by atoms with Crippen molar-refractivity contribution in [3.05, 3.63) is 35.9 Å². The highest BCUT2D eigenvalue weighted by atomic mass is 14.3. The smallest absolute Gasteiger partial charge is 0.133 e. The molecule has 1 aromatic carbocycles. The van der Waals surface area contributed by atoms with Gasteiger partial charge in [-0.15, -0.1) is 0 Å². The summed E-state index contributed by atoms with van der Waals surface area (Å²) in [5.41, 5.74) is 1.03. The molecule has 0 atom stereocenters. The van der Waals surface area contributed by atoms with E-state index in [1.807, 2.05) is 42.5 Å². The Hall–Kier alpha value is -2.24. The summed E-state index contributed by atoms with van der Waals surface area (Å²) in [6.07, 6.45) is 3.30. The van der Waals surface area contributed by atoms with Crippen LogP contribution in [0.2, 0.25) is 0 Å². The third-order valence-corrected chi connectivity index (χ3v) is 2.36. The molecule has 0 bridgehead atoms. The molecule has 1 aromatic rings. The van der Waals surface area contributed by atoms with E-state index in [1.165, 1.54) is 0 Å². The van der Waals surface area contributed by atoms with Gasteiger partial charge in [0, 0.05) is 12.0 Å². The van der Waals surface area contributed by atoms with Gasteiger partial charge in [-0.1, -0.05) is 36.5 Å². The summed E-state index contributed by atoms with van der Waals surface area (Å²) in [6.45, 7) is 0. The molecule has 0 N–H and O–H groups in total. The highest BCUT2D eigenvalue weighted by Crippen LogP contribution is 2.07. The molecule has 0 aromatic heterocycles. The monoisotopic (exact) mass is 222 g/mol. The molecule has 1 rings (SSSR count). The number of benzene rings is 1. The fourth-order valence-corrected chi connectivity index (χ4v) is 1.41. The number of unbranched alkanes of at least 4 members (excludes halogenated alkanes) is 2. The van der Waals surface area contributed by atoms with Gasteiger partial charge in [0.15, 0.2) is 0 Å². The Kier molecular flexibility index (Phi) is 6.02. The first-order chi connectivity index (χ1) is 8.36. The summed E-state index contributed by atoms with van der Waals surface area (Å²) in [7, 11) is 0. The second kappa shape index (κ2) is 7.98. The second-order valence-electron chi connectivity index (χ2n) is 3.72. The predicted octanol–water partition coefficient (Wildman–Crippen LogP) is 3.26. The van der Waals surface area contributed by atoms with Crippen molar-refractivity contribution in [3.63, 3.8) is 0 Å². The van der Waals surface area contributed by atoms with E-state index in [9.17, 15) is 0 Å². The molecule has 0 aliphatic carbocycles.